The van der Waals surface area contributed by atoms with Gasteiger partial charge in [0.15, 0.2) is 5.60 Å². The largest absolute Gasteiger partial charge is 1.00 e. The fourth-order valence-corrected chi connectivity index (χ4v) is 2.24. The average Bonchev–Trinajstić information content (AvgIpc) is 2.60. The molecule has 0 saturated heterocycles. The monoisotopic (exact) mass is 949 g/mol. The summed E-state index contributed by atoms with van der Waals surface area (Å²) in [4.78, 5) is 120. The first-order chi connectivity index (χ1) is 17.3. The van der Waals surface area contributed by atoms with E-state index in [0.717, 1.165) is 0 Å². The Kier molecular flexibility index (Phi) is 129. The van der Waals surface area contributed by atoms with Gasteiger partial charge in [-0.3, -0.25) is 4.52 Å². The molecule has 0 aromatic heterocycles. The molecule has 0 aliphatic heterocycles. The summed E-state index contributed by atoms with van der Waals surface area (Å²) in [5.41, 5.74) is -4.73. The third-order valence-corrected chi connectivity index (χ3v) is 3.08. The Morgan fingerprint density at radius 3 is 0.692 bits per heavy atom. The minimum absolute atomic E-state index is 0. The molecule has 0 aliphatic rings. The molecule has 1 atom stereocenters. The summed E-state index contributed by atoms with van der Waals surface area (Å²) in [6.45, 7) is 0. The molecule has 0 rings (SSSR count). The molecule has 1 unspecified atom stereocenters. The molecule has 0 aliphatic carbocycles. The predicted molar refractivity (Wildman–Crippen MR) is 90.6 cm³/mol. The fourth-order valence-electron chi connectivity index (χ4n) is 1.56. The first-order valence-electron chi connectivity index (χ1n) is 7.88. The zero-order valence-electron chi connectivity index (χ0n) is 30.3. The predicted octanol–water partition coefficient (Wildman–Crippen LogP) is -46.6. The first-order valence-corrected chi connectivity index (χ1v) is 15.3. The third-order valence-electron chi connectivity index (χ3n) is 2.53. The molecular weight excluding hydrogens is 941 g/mol. The van der Waals surface area contributed by atoms with Gasteiger partial charge in [-0.2, -0.15) is 57.6 Å². The van der Waals surface area contributed by atoms with E-state index in [-0.39, 0.29) is 355 Å². The second-order valence-electron chi connectivity index (χ2n) is 5.51. The van der Waals surface area contributed by atoms with Crippen LogP contribution in [0.1, 0.15) is 19.3 Å². The van der Waals surface area contributed by atoms with E-state index in [0.29, 0.717) is 0 Å². The van der Waals surface area contributed by atoms with E-state index >= 15 is 0 Å². The van der Waals surface area contributed by atoms with Crippen LogP contribution in [0.25, 0.3) is 0 Å². The molecule has 0 saturated carbocycles. The van der Waals surface area contributed by atoms with Crippen LogP contribution in [0.3, 0.4) is 0 Å². The van der Waals surface area contributed by atoms with E-state index in [1.165, 1.54) is 18.2 Å². The van der Waals surface area contributed by atoms with Crippen LogP contribution in [0.4, 0.5) is 0 Å². The Labute approximate surface area is 563 Å². The van der Waals surface area contributed by atoms with Gasteiger partial charge >= 0.3 is 363 Å². The van der Waals surface area contributed by atoms with Crippen molar-refractivity contribution in [1.82, 2.24) is 0 Å². The average molecular weight is 949 g/mol. The summed E-state index contributed by atoms with van der Waals surface area (Å²) in [6.07, 6.45) is -2.29. The van der Waals surface area contributed by atoms with Crippen LogP contribution in [-0.4, -0.2) is 15.4 Å². The SMILES string of the molecule is N#CCC(C#N)(CC#N)C(C#N)(CC#N)OP(=O)(O)O.O=P([O-])([O-])[O-].O=P([O-])([O-])[O-].O=P([O-])([O-])[O-].O=P([O-])([O-])[O-].[Na+].[Na+].[Na+].[Na+].[Na+].[Na+].[Na+].[Na+].[Na+].[Na+].[Na+].[Na+]. The van der Waals surface area contributed by atoms with Crippen molar-refractivity contribution in [2.24, 2.45) is 5.41 Å². The second kappa shape index (κ2) is 59.0. The van der Waals surface area contributed by atoms with Gasteiger partial charge in [-0.15, -0.1) is 0 Å². The van der Waals surface area contributed by atoms with Crippen LogP contribution >= 0.6 is 39.1 Å². The number of hydrogen-bond acceptors (Lipinski definition) is 23. The summed E-state index contributed by atoms with van der Waals surface area (Å²) < 4.78 is 49.5. The molecule has 230 valence electrons. The Morgan fingerprint density at radius 1 is 0.423 bits per heavy atom. The van der Waals surface area contributed by atoms with Crippen molar-refractivity contribution in [1.29, 1.82) is 26.3 Å². The summed E-state index contributed by atoms with van der Waals surface area (Å²) in [7, 11) is -26.8. The number of phosphoric ester groups is 1. The van der Waals surface area contributed by atoms with Gasteiger partial charge in [-0.1, -0.05) is 0 Å². The molecule has 0 amide bonds. The van der Waals surface area contributed by atoms with Crippen molar-refractivity contribution in [3.63, 3.8) is 0 Å². The van der Waals surface area contributed by atoms with Gasteiger partial charge in [0.05, 0.1) is 43.5 Å². The van der Waals surface area contributed by atoms with Crippen molar-refractivity contribution in [3.8, 4) is 30.3 Å². The van der Waals surface area contributed by atoms with E-state index in [4.69, 9.17) is 108 Å². The van der Waals surface area contributed by atoms with Gasteiger partial charge in [0, 0.05) is 0 Å². The molecule has 42 heteroatoms. The summed E-state index contributed by atoms with van der Waals surface area (Å²) >= 11 is 0. The molecule has 0 radical (unpaired) electrons. The Morgan fingerprint density at radius 2 is 0.596 bits per heavy atom. The maximum absolute atomic E-state index is 11.0. The number of hydrogen-bond donors (Lipinski definition) is 2. The maximum atomic E-state index is 11.0. The first kappa shape index (κ1) is 114. The molecular formula is C10H8N5Na12O20P5. The van der Waals surface area contributed by atoms with Gasteiger partial charge < -0.3 is 86.8 Å². The van der Waals surface area contributed by atoms with E-state index in [1.807, 2.05) is 0 Å². The quantitative estimate of drug-likeness (QED) is 0.184. The Balaban J connectivity index is -0.0000000218. The van der Waals surface area contributed by atoms with E-state index in [2.05, 4.69) is 4.52 Å². The van der Waals surface area contributed by atoms with Crippen molar-refractivity contribution in [2.45, 2.75) is 24.9 Å². The number of nitrogens with zero attached hydrogens (tertiary/aromatic N) is 5. The number of phosphoric acid groups is 5. The molecule has 2 N–H and O–H groups in total. The van der Waals surface area contributed by atoms with Gasteiger partial charge in [0.25, 0.3) is 0 Å². The van der Waals surface area contributed by atoms with Gasteiger partial charge in [0.2, 0.25) is 0 Å². The van der Waals surface area contributed by atoms with Crippen molar-refractivity contribution < 1.29 is 451 Å². The van der Waals surface area contributed by atoms with Crippen molar-refractivity contribution in [3.05, 3.63) is 0 Å². The van der Waals surface area contributed by atoms with Crippen LogP contribution in [0.2, 0.25) is 0 Å². The molecule has 0 aromatic rings. The minimum Gasteiger partial charge on any atom is -0.822 e. The van der Waals surface area contributed by atoms with Gasteiger partial charge in [-0.05, 0) is 0 Å². The summed E-state index contributed by atoms with van der Waals surface area (Å²) in [6, 6.07) is 7.50. The third kappa shape index (κ3) is 113. The maximum Gasteiger partial charge on any atom is 1.00 e. The fraction of sp³-hybridized carbons (Fsp3) is 0.500. The molecule has 0 bridgehead atoms. The standard InChI is InChI=1S/C10H8N5O4P.12Na.4H3O4P/c11-4-1-9(7-14,2-5-12)10(8-15,3-6-13)19-20(16,17)18;;;;;;;;;;;;;4*1-5(2,3)4/h1-3H2,(H2,16,17,18);;;;;;;;;;;;;4*(H3,1,2,3,4)/q;12*+1;;;;/p-12. The number of nitriles is 5. The van der Waals surface area contributed by atoms with Gasteiger partial charge in [0.1, 0.15) is 11.5 Å². The van der Waals surface area contributed by atoms with E-state index in [1.54, 1.807) is 12.1 Å². The normalized spacial score (nSPS) is 9.79. The molecule has 0 spiro atoms. The van der Waals surface area contributed by atoms with Crippen LogP contribution in [0.15, 0.2) is 0 Å². The Hall–Kier alpha value is 10.0. The van der Waals surface area contributed by atoms with E-state index in [9.17, 15) is 9.83 Å². The molecule has 0 fully saturated rings. The van der Waals surface area contributed by atoms with Crippen LogP contribution < -0.4 is 413 Å². The summed E-state index contributed by atoms with van der Waals surface area (Å²) in [5.74, 6) is 0. The zero-order chi connectivity index (χ0) is 33.9. The molecule has 0 heterocycles. The molecule has 52 heavy (non-hydrogen) atoms. The molecule has 0 aromatic carbocycles. The van der Waals surface area contributed by atoms with Crippen molar-refractivity contribution >= 4 is 39.1 Å². The smallest absolute Gasteiger partial charge is 0.822 e. The van der Waals surface area contributed by atoms with Gasteiger partial charge in [-0.25, -0.2) is 4.57 Å². The number of rotatable bonds is 6. The molecule has 25 nitrogen and oxygen atoms in total. The van der Waals surface area contributed by atoms with Crippen LogP contribution in [0, 0.1) is 62.1 Å². The Bertz CT molecular complexity index is 1140. The van der Waals surface area contributed by atoms with Crippen molar-refractivity contribution in [2.75, 3.05) is 0 Å². The van der Waals surface area contributed by atoms with Crippen LogP contribution in [0.5, 0.6) is 0 Å². The topological polar surface area (TPSA) is 531 Å². The zero-order valence-corrected chi connectivity index (χ0v) is 58.8. The minimum atomic E-state index is -5.39. The van der Waals surface area contributed by atoms with Crippen LogP contribution in [-0.2, 0) is 27.3 Å². The second-order valence-corrected chi connectivity index (χ2v) is 10.2. The summed E-state index contributed by atoms with van der Waals surface area (Å²) in [5, 5.41) is 44.5. The van der Waals surface area contributed by atoms with E-state index < -0.39 is 69.4 Å².